The fraction of sp³-hybridized carbons (Fsp3) is 0.608. The number of hydrogen-bond acceptors (Lipinski definition) is 7. The van der Waals surface area contributed by atoms with Gasteiger partial charge in [0.25, 0.3) is 0 Å². The maximum absolute atomic E-state index is 14.8. The fourth-order valence-electron chi connectivity index (χ4n) is 11.3. The average molecular weight is 789 g/mol. The molecule has 0 aromatic heterocycles. The molecule has 0 N–H and O–H groups in total. The molecule has 0 spiro atoms. The van der Waals surface area contributed by atoms with Crippen LogP contribution in [0.1, 0.15) is 147 Å². The van der Waals surface area contributed by atoms with Crippen LogP contribution in [0.3, 0.4) is 0 Å². The van der Waals surface area contributed by atoms with Crippen molar-refractivity contribution in [1.29, 1.82) is 0 Å². The van der Waals surface area contributed by atoms with Crippen LogP contribution in [0.25, 0.3) is 16.3 Å². The van der Waals surface area contributed by atoms with Crippen molar-refractivity contribution in [2.75, 3.05) is 7.11 Å². The molecule has 7 heteroatoms. The van der Waals surface area contributed by atoms with E-state index in [-0.39, 0.29) is 54.3 Å². The number of Topliss-reactive ketones (excluding diaryl/α,β-unsaturated/α-hetero) is 3. The van der Waals surface area contributed by atoms with Crippen LogP contribution in [-0.4, -0.2) is 42.6 Å². The molecule has 0 radical (unpaired) electrons. The monoisotopic (exact) mass is 788 g/mol. The summed E-state index contributed by atoms with van der Waals surface area (Å²) in [5.41, 5.74) is 3.10. The molecule has 310 valence electrons. The lowest BCUT2D eigenvalue weighted by atomic mass is 9.77. The van der Waals surface area contributed by atoms with Gasteiger partial charge in [-0.25, -0.2) is 0 Å². The van der Waals surface area contributed by atoms with Gasteiger partial charge in [-0.2, -0.15) is 0 Å². The second kappa shape index (κ2) is 18.1. The molecule has 0 bridgehead atoms. The van der Waals surface area contributed by atoms with Gasteiger partial charge in [0.15, 0.2) is 0 Å². The number of carbonyl (C=O) groups excluding carboxylic acids is 4. The smallest absolute Gasteiger partial charge is 0.306 e. The van der Waals surface area contributed by atoms with E-state index in [9.17, 15) is 19.2 Å². The van der Waals surface area contributed by atoms with Crippen LogP contribution in [0.4, 0.5) is 0 Å². The summed E-state index contributed by atoms with van der Waals surface area (Å²) in [7, 11) is 1.68. The lowest BCUT2D eigenvalue weighted by Crippen LogP contribution is -2.34. The zero-order chi connectivity index (χ0) is 40.2. The van der Waals surface area contributed by atoms with Crippen LogP contribution < -0.4 is 9.47 Å². The Bertz CT molecular complexity index is 1960. The molecule has 0 heterocycles. The molecule has 6 aliphatic rings. The number of ketones is 3. The van der Waals surface area contributed by atoms with Crippen molar-refractivity contribution < 1.29 is 33.4 Å². The maximum Gasteiger partial charge on any atom is 0.306 e. The Morgan fingerprint density at radius 1 is 0.845 bits per heavy atom. The van der Waals surface area contributed by atoms with Crippen molar-refractivity contribution >= 4 is 39.7 Å². The van der Waals surface area contributed by atoms with Gasteiger partial charge in [-0.1, -0.05) is 74.8 Å². The molecule has 7 nitrogen and oxygen atoms in total. The number of carbonyl (C=O) groups is 4. The van der Waals surface area contributed by atoms with E-state index in [0.29, 0.717) is 25.7 Å². The van der Waals surface area contributed by atoms with Crippen LogP contribution in [0, 0.1) is 35.0 Å². The Hall–Kier alpha value is -4.00. The fourth-order valence-corrected chi connectivity index (χ4v) is 11.3. The van der Waals surface area contributed by atoms with Crippen LogP contribution in [0.5, 0.6) is 11.5 Å². The van der Waals surface area contributed by atoms with E-state index in [4.69, 9.17) is 14.2 Å². The average Bonchev–Trinajstić information content (AvgIpc) is 3.65. The van der Waals surface area contributed by atoms with E-state index in [2.05, 4.69) is 36.4 Å². The molecule has 2 aromatic carbocycles. The maximum atomic E-state index is 14.8. The summed E-state index contributed by atoms with van der Waals surface area (Å²) in [6.45, 7) is 1.62. The Balaban J connectivity index is 1.08. The lowest BCUT2D eigenvalue weighted by molar-refractivity contribution is -0.152. The van der Waals surface area contributed by atoms with Crippen LogP contribution in [0.15, 0.2) is 60.2 Å². The van der Waals surface area contributed by atoms with E-state index in [0.717, 1.165) is 91.5 Å². The Labute approximate surface area is 345 Å². The zero-order valence-corrected chi connectivity index (χ0v) is 34.9. The molecule has 58 heavy (non-hydrogen) atoms. The topological polar surface area (TPSA) is 96.0 Å². The van der Waals surface area contributed by atoms with Crippen molar-refractivity contribution in [3.63, 3.8) is 0 Å². The minimum absolute atomic E-state index is 0.0138. The second-order valence-electron chi connectivity index (χ2n) is 18.8. The van der Waals surface area contributed by atoms with Gasteiger partial charge in [-0.15, -0.1) is 0 Å². The van der Waals surface area contributed by atoms with Gasteiger partial charge in [0.2, 0.25) is 0 Å². The molecular formula is C51H64O7. The summed E-state index contributed by atoms with van der Waals surface area (Å²) in [5.74, 6) is 0.403. The van der Waals surface area contributed by atoms with Crippen LogP contribution in [0.2, 0.25) is 0 Å². The molecule has 4 saturated carbocycles. The van der Waals surface area contributed by atoms with Crippen LogP contribution in [-0.2, 0) is 23.9 Å². The van der Waals surface area contributed by atoms with Crippen molar-refractivity contribution in [3.8, 4) is 11.5 Å². The van der Waals surface area contributed by atoms with E-state index >= 15 is 0 Å². The Morgan fingerprint density at radius 3 is 2.40 bits per heavy atom. The number of ether oxygens (including phenoxy) is 3. The third-order valence-corrected chi connectivity index (χ3v) is 14.8. The van der Waals surface area contributed by atoms with E-state index in [1.54, 1.807) is 14.0 Å². The number of rotatable bonds is 10. The number of esters is 1. The summed E-state index contributed by atoms with van der Waals surface area (Å²) in [5, 5.41) is 1.97. The molecule has 0 aliphatic heterocycles. The van der Waals surface area contributed by atoms with E-state index < -0.39 is 23.2 Å². The normalized spacial score (nSPS) is 30.4. The van der Waals surface area contributed by atoms with Crippen LogP contribution >= 0.6 is 0 Å². The van der Waals surface area contributed by atoms with E-state index in [1.165, 1.54) is 49.7 Å². The summed E-state index contributed by atoms with van der Waals surface area (Å²) in [6, 6.07) is 10.4. The second-order valence-corrected chi connectivity index (χ2v) is 18.8. The van der Waals surface area contributed by atoms with Gasteiger partial charge in [0.1, 0.15) is 41.1 Å². The Kier molecular flexibility index (Phi) is 12.7. The third kappa shape index (κ3) is 9.24. The number of fused-ring (bicyclic) bond motifs is 3. The predicted molar refractivity (Wildman–Crippen MR) is 228 cm³/mol. The number of hydrogen-bond donors (Lipinski definition) is 0. The highest BCUT2D eigenvalue weighted by molar-refractivity contribution is 5.97. The van der Waals surface area contributed by atoms with Crippen molar-refractivity contribution in [2.24, 2.45) is 35.0 Å². The number of methoxy groups -OCH3 is 1. The molecule has 0 saturated heterocycles. The molecule has 4 fully saturated rings. The summed E-state index contributed by atoms with van der Waals surface area (Å²) in [6.07, 6.45) is 27.3. The highest BCUT2D eigenvalue weighted by atomic mass is 16.5. The first kappa shape index (κ1) is 40.8. The first-order valence-electron chi connectivity index (χ1n) is 22.8. The molecular weight excluding hydrogens is 725 g/mol. The minimum Gasteiger partial charge on any atom is -0.497 e. The number of benzene rings is 2. The van der Waals surface area contributed by atoms with Gasteiger partial charge < -0.3 is 14.2 Å². The summed E-state index contributed by atoms with van der Waals surface area (Å²) in [4.78, 5) is 55.9. The summed E-state index contributed by atoms with van der Waals surface area (Å²) < 4.78 is 18.5. The molecule has 0 amide bonds. The molecule has 6 atom stereocenters. The van der Waals surface area contributed by atoms with Gasteiger partial charge >= 0.3 is 5.97 Å². The highest BCUT2D eigenvalue weighted by Crippen LogP contribution is 2.58. The van der Waals surface area contributed by atoms with Gasteiger partial charge in [0.05, 0.1) is 13.5 Å². The molecule has 2 aromatic rings. The predicted octanol–water partition coefficient (Wildman–Crippen LogP) is 11.4. The molecule has 6 aliphatic carbocycles. The van der Waals surface area contributed by atoms with Crippen molar-refractivity contribution in [3.05, 3.63) is 65.8 Å². The first-order chi connectivity index (χ1) is 28.2. The largest absolute Gasteiger partial charge is 0.497 e. The molecule has 8 rings (SSSR count). The van der Waals surface area contributed by atoms with Crippen molar-refractivity contribution in [2.45, 2.75) is 154 Å². The van der Waals surface area contributed by atoms with Crippen molar-refractivity contribution in [1.82, 2.24) is 0 Å². The highest BCUT2D eigenvalue weighted by Gasteiger charge is 2.59. The quantitative estimate of drug-likeness (QED) is 0.175. The first-order valence-corrected chi connectivity index (χ1v) is 22.8. The van der Waals surface area contributed by atoms with Gasteiger partial charge in [0, 0.05) is 35.0 Å². The van der Waals surface area contributed by atoms with E-state index in [1.807, 2.05) is 18.2 Å². The lowest BCUT2D eigenvalue weighted by Gasteiger charge is -2.24. The SMILES string of the molecule is COc1ccc2c(OC3CC4C(=O)CC5(C(C)=O)CC5/C=C\CCCCCC(CC(=O)OC5CCCC5)C(=O)C4C3)cc(C3=CCC(CC4CCCCC4)=C3)cc2c1. The van der Waals surface area contributed by atoms with Gasteiger partial charge in [-0.05, 0) is 143 Å². The van der Waals surface area contributed by atoms with Gasteiger partial charge in [-0.3, -0.25) is 19.2 Å². The standard InChI is InChI=1S/C51H64O7/c1-33(52)51-31-40(51)16-10-5-3-4-9-15-37(28-49(54)58-41-17-11-12-18-41)50(55)46-30-43(29-45(46)47(53)32-51)57-48-27-38(25-39-26-42(56-2)21-22-44(39)48)36-20-19-35(24-36)23-34-13-7-6-8-14-34/h10,16,20-22,24-27,34,37,40-41,43,45-46H,3-9,11-15,17-19,23,28-32H2,1-2H3/b16-10-. The summed E-state index contributed by atoms with van der Waals surface area (Å²) >= 11 is 0. The third-order valence-electron chi connectivity index (χ3n) is 14.8. The zero-order valence-electron chi connectivity index (χ0n) is 34.9. The minimum atomic E-state index is -0.688. The Morgan fingerprint density at radius 2 is 1.60 bits per heavy atom. The number of allylic oxidation sites excluding steroid dienone is 6. The molecule has 6 unspecified atom stereocenters.